The molecule has 37 heteroatoms. The van der Waals surface area contributed by atoms with Crippen molar-refractivity contribution in [3.05, 3.63) is 72.9 Å². The van der Waals surface area contributed by atoms with Crippen molar-refractivity contribution in [2.24, 2.45) is 33.5 Å². The summed E-state index contributed by atoms with van der Waals surface area (Å²) in [4.78, 5) is 34.0. The molecule has 4 aliphatic rings. The molecule has 0 saturated carbocycles. The highest BCUT2D eigenvalue weighted by Crippen LogP contribution is 2.58. The van der Waals surface area contributed by atoms with E-state index in [1.54, 1.807) is 24.6 Å². The van der Waals surface area contributed by atoms with Crippen LogP contribution >= 0.6 is 47.0 Å². The Hall–Kier alpha value is -6.96. The highest BCUT2D eigenvalue weighted by Gasteiger charge is 2.69. The Kier molecular flexibility index (Phi) is 21.2. The van der Waals surface area contributed by atoms with E-state index in [0.717, 1.165) is 0 Å². The minimum absolute atomic E-state index is 0.130. The third-order valence-electron chi connectivity index (χ3n) is 18.8. The van der Waals surface area contributed by atoms with Gasteiger partial charge in [0.25, 0.3) is 0 Å². The van der Waals surface area contributed by atoms with Crippen LogP contribution in [0, 0.1) is 78.8 Å². The summed E-state index contributed by atoms with van der Waals surface area (Å²) < 4.78 is 46.6. The van der Waals surface area contributed by atoms with Gasteiger partial charge in [0.1, 0.15) is 114 Å². The first-order chi connectivity index (χ1) is 45.4. The van der Waals surface area contributed by atoms with Gasteiger partial charge in [0.15, 0.2) is 22.6 Å². The lowest BCUT2D eigenvalue weighted by molar-refractivity contribution is -0.259. The quantitative estimate of drug-likeness (QED) is 0.0803. The number of methoxy groups -OCH3 is 3. The number of ether oxygens (including phenoxy) is 7. The normalized spacial score (nSPS) is 33.2. The fourth-order valence-corrected chi connectivity index (χ4v) is 14.7. The van der Waals surface area contributed by atoms with Crippen molar-refractivity contribution < 1.29 is 63.8 Å². The molecule has 8 aromatic rings. The van der Waals surface area contributed by atoms with Crippen LogP contribution in [0.3, 0.4) is 0 Å². The van der Waals surface area contributed by atoms with E-state index in [0.29, 0.717) is 71.9 Å². The van der Waals surface area contributed by atoms with Crippen molar-refractivity contribution in [1.82, 2.24) is 78.3 Å². The van der Waals surface area contributed by atoms with Gasteiger partial charge in [0.2, 0.25) is 23.1 Å². The number of hydrogen-bond donors (Lipinski definition) is 6. The first-order valence-electron chi connectivity index (χ1n) is 29.2. The molecule has 1 unspecified atom stereocenters. The highest BCUT2D eigenvalue weighted by molar-refractivity contribution is 7.99. The molecule has 506 valence electrons. The summed E-state index contributed by atoms with van der Waals surface area (Å²) in [5, 5.41) is 120. The maximum Gasteiger partial charge on any atom is 0.235 e. The Balaban J connectivity index is 0.000000149. The third-order valence-corrected chi connectivity index (χ3v) is 21.5. The SMILES string of the molecule is CC[C@H]1OC(O)(c2cnc3c(SC)ncnn23)[C@](C)(C#N)[C@@H]1C.CO[C@@]1(c2cnc3c(SC)ncnn23)O[C@H](CO)[C@@H](C)[C@@]1(C)C#N.CO[C@@]1(c2cnc3c(SC)ncnn23)O[C@H](CO)[C@@H](O)[C@@]1(C)C#N.CO[C@@]1(c2cnc3c(SC)ncnn23)O[C@H](CO)[C@@H](O)[C@@]1(C)C#N. The van der Waals surface area contributed by atoms with Gasteiger partial charge in [-0.05, 0) is 59.1 Å². The van der Waals surface area contributed by atoms with Crippen LogP contribution in [0.1, 0.15) is 77.7 Å². The molecule has 0 spiro atoms. The molecule has 12 heterocycles. The lowest BCUT2D eigenvalue weighted by Gasteiger charge is -2.36. The molecular formula is C58H72N20O13S4. The number of fused-ring (bicyclic) bond motifs is 4. The molecule has 0 radical (unpaired) electrons. The molecule has 4 saturated heterocycles. The van der Waals surface area contributed by atoms with E-state index in [1.807, 2.05) is 45.8 Å². The molecule has 12 rings (SSSR count). The molecule has 33 nitrogen and oxygen atoms in total. The summed E-state index contributed by atoms with van der Waals surface area (Å²) in [7, 11) is 4.23. The second kappa shape index (κ2) is 27.9. The van der Waals surface area contributed by atoms with Crippen LogP contribution in [0.4, 0.5) is 0 Å². The predicted octanol–water partition coefficient (Wildman–Crippen LogP) is 3.02. The van der Waals surface area contributed by atoms with Crippen LogP contribution in [-0.4, -0.2) is 212 Å². The summed E-state index contributed by atoms with van der Waals surface area (Å²) >= 11 is 5.70. The Labute approximate surface area is 561 Å². The smallest absolute Gasteiger partial charge is 0.235 e. The van der Waals surface area contributed by atoms with E-state index >= 15 is 0 Å². The van der Waals surface area contributed by atoms with E-state index < -0.39 is 88.5 Å². The summed E-state index contributed by atoms with van der Waals surface area (Å²) in [6.45, 7) is 11.2. The number of aliphatic hydroxyl groups is 6. The lowest BCUT2D eigenvalue weighted by atomic mass is 9.72. The Morgan fingerprint density at radius 1 is 0.453 bits per heavy atom. The molecule has 0 amide bonds. The van der Waals surface area contributed by atoms with E-state index in [4.69, 9.17) is 33.2 Å². The van der Waals surface area contributed by atoms with Crippen molar-refractivity contribution in [2.75, 3.05) is 66.2 Å². The Morgan fingerprint density at radius 3 is 1.02 bits per heavy atom. The fourth-order valence-electron chi connectivity index (χ4n) is 12.8. The molecule has 8 aromatic heterocycles. The minimum atomic E-state index is -1.77. The van der Waals surface area contributed by atoms with Crippen LogP contribution in [0.5, 0.6) is 0 Å². The van der Waals surface area contributed by atoms with Gasteiger partial charge in [-0.15, -0.1) is 47.0 Å². The largest absolute Gasteiger partial charge is 0.394 e. The van der Waals surface area contributed by atoms with Crippen LogP contribution in [0.15, 0.2) is 70.2 Å². The topological polar surface area (TPSA) is 453 Å². The standard InChI is InChI=1S/C15H19N5O3S.C15H19N5O2S.2C14H17N5O4S/c1-9-10(6-21)23-15(22-3,14(9,2)7-16)11-5-17-12-13(24-4)18-8-19-20(11)12;1-5-10-9(2)14(3,7-16)15(21,22-10)11-6-17-12-13(23-4)18-8-19-20(11)12;2*1-13(6-15)10(21)8(5-20)23-14(13,22-2)9-4-16-11-12(24-3)17-7-18-19(9)11/h5,8-10,21H,6H2,1-4H3;6,8-10,21H,5H2,1-4H3;2*4,7-8,10,20-21H,5H2,1-3H3/t9-,10-,14-,15+;9-,10-,14-,15?;2*8-,10-,13-,14+/m1111/s1. The monoisotopic (exact) mass is 1380 g/mol. The van der Waals surface area contributed by atoms with Gasteiger partial charge in [-0.3, -0.25) is 0 Å². The second-order valence-electron chi connectivity index (χ2n) is 23.0. The van der Waals surface area contributed by atoms with Gasteiger partial charge in [-0.1, -0.05) is 20.8 Å². The van der Waals surface area contributed by atoms with Gasteiger partial charge in [0, 0.05) is 33.2 Å². The van der Waals surface area contributed by atoms with Crippen molar-refractivity contribution in [3.8, 4) is 24.3 Å². The zero-order chi connectivity index (χ0) is 69.4. The van der Waals surface area contributed by atoms with Crippen LogP contribution in [-0.2, 0) is 56.3 Å². The third kappa shape index (κ3) is 10.7. The number of aromatic nitrogens is 16. The number of nitrogens with zero attached hydrogens (tertiary/aromatic N) is 20. The average Bonchev–Trinajstić information content (AvgIpc) is 1.59. The fraction of sp³-hybridized carbons (Fsp3) is 0.586. The van der Waals surface area contributed by atoms with Crippen molar-refractivity contribution in [1.29, 1.82) is 21.0 Å². The number of thioether (sulfide) groups is 4. The molecule has 4 fully saturated rings. The zero-order valence-electron chi connectivity index (χ0n) is 54.2. The molecular weight excluding hydrogens is 1310 g/mol. The number of nitriles is 4. The Morgan fingerprint density at radius 2 is 0.737 bits per heavy atom. The van der Waals surface area contributed by atoms with Gasteiger partial charge >= 0.3 is 0 Å². The van der Waals surface area contributed by atoms with Crippen molar-refractivity contribution >= 4 is 69.6 Å². The average molecular weight is 1390 g/mol. The van der Waals surface area contributed by atoms with Gasteiger partial charge in [-0.2, -0.15) is 41.4 Å². The van der Waals surface area contributed by atoms with E-state index in [9.17, 15) is 51.7 Å². The summed E-state index contributed by atoms with van der Waals surface area (Å²) in [6.07, 6.45) is 14.7. The molecule has 0 bridgehead atoms. The van der Waals surface area contributed by atoms with Gasteiger partial charge in [-0.25, -0.2) is 57.9 Å². The number of rotatable bonds is 15. The van der Waals surface area contributed by atoms with E-state index in [1.165, 1.54) is 140 Å². The van der Waals surface area contributed by atoms with Crippen LogP contribution in [0.2, 0.25) is 0 Å². The maximum absolute atomic E-state index is 11.3. The van der Waals surface area contributed by atoms with Crippen molar-refractivity contribution in [2.45, 2.75) is 135 Å². The minimum Gasteiger partial charge on any atom is -0.394 e. The highest BCUT2D eigenvalue weighted by atomic mass is 32.2. The number of hydrogen-bond acceptors (Lipinski definition) is 33. The first kappa shape index (κ1) is 72.3. The Bertz CT molecular complexity index is 3960. The molecule has 95 heavy (non-hydrogen) atoms. The summed E-state index contributed by atoms with van der Waals surface area (Å²) in [6, 6.07) is 8.74. The van der Waals surface area contributed by atoms with Crippen LogP contribution < -0.4 is 0 Å². The summed E-state index contributed by atoms with van der Waals surface area (Å²) in [5.41, 5.74) is -1.45. The van der Waals surface area contributed by atoms with E-state index in [-0.39, 0.29) is 24.5 Å². The molecule has 0 aliphatic carbocycles. The second-order valence-corrected chi connectivity index (χ2v) is 26.2. The molecule has 16 atom stereocenters. The van der Waals surface area contributed by atoms with Crippen LogP contribution in [0.25, 0.3) is 22.6 Å². The van der Waals surface area contributed by atoms with Gasteiger partial charge in [0.05, 0.1) is 81.1 Å². The van der Waals surface area contributed by atoms with E-state index in [2.05, 4.69) is 84.5 Å². The number of aliphatic hydroxyl groups excluding tert-OH is 5. The zero-order valence-corrected chi connectivity index (χ0v) is 57.5. The molecule has 4 aliphatic heterocycles. The first-order valence-corrected chi connectivity index (χ1v) is 34.1. The lowest BCUT2D eigenvalue weighted by Crippen LogP contribution is -2.47. The number of imidazole rings is 4. The van der Waals surface area contributed by atoms with Crippen molar-refractivity contribution in [3.63, 3.8) is 0 Å². The van der Waals surface area contributed by atoms with Gasteiger partial charge < -0.3 is 63.8 Å². The predicted molar refractivity (Wildman–Crippen MR) is 336 cm³/mol. The maximum atomic E-state index is 11.3. The summed E-state index contributed by atoms with van der Waals surface area (Å²) in [5.74, 6) is -6.82. The molecule has 6 N–H and O–H groups in total. The molecule has 0 aromatic carbocycles.